The first kappa shape index (κ1) is 14.8. The third-order valence-electron chi connectivity index (χ3n) is 2.42. The van der Waals surface area contributed by atoms with E-state index in [1.807, 2.05) is 0 Å². The highest BCUT2D eigenvalue weighted by Crippen LogP contribution is 2.22. The van der Waals surface area contributed by atoms with E-state index in [1.165, 1.54) is 0 Å². The van der Waals surface area contributed by atoms with Crippen LogP contribution in [0.2, 0.25) is 0 Å². The fraction of sp³-hybridized carbons (Fsp3) is 0.500. The first-order chi connectivity index (χ1) is 8.56. The van der Waals surface area contributed by atoms with Gasteiger partial charge in [-0.1, -0.05) is 15.9 Å². The van der Waals surface area contributed by atoms with Gasteiger partial charge in [-0.25, -0.2) is 9.59 Å². The number of aromatic amines is 1. The first-order valence-electron chi connectivity index (χ1n) is 5.68. The van der Waals surface area contributed by atoms with Crippen LogP contribution in [-0.2, 0) is 14.8 Å². The molecule has 1 N–H and O–H groups in total. The second kappa shape index (κ2) is 6.58. The Morgan fingerprint density at radius 3 is 2.22 bits per heavy atom. The van der Waals surface area contributed by atoms with Crippen molar-refractivity contribution in [1.82, 2.24) is 4.98 Å². The molecule has 0 fully saturated rings. The maximum atomic E-state index is 11.8. The zero-order valence-corrected chi connectivity index (χ0v) is 12.2. The minimum absolute atomic E-state index is 0.287. The van der Waals surface area contributed by atoms with Gasteiger partial charge in [0.25, 0.3) is 0 Å². The molecule has 100 valence electrons. The number of halogens is 1. The molecule has 0 bridgehead atoms. The molecule has 0 saturated heterocycles. The van der Waals surface area contributed by atoms with Crippen LogP contribution < -0.4 is 0 Å². The van der Waals surface area contributed by atoms with Crippen molar-refractivity contribution in [2.24, 2.45) is 0 Å². The molecule has 1 heterocycles. The number of ether oxygens (including phenoxy) is 2. The van der Waals surface area contributed by atoms with Gasteiger partial charge in [-0.3, -0.25) is 0 Å². The van der Waals surface area contributed by atoms with E-state index in [0.717, 1.165) is 0 Å². The summed E-state index contributed by atoms with van der Waals surface area (Å²) in [5, 5.41) is 0.432. The Morgan fingerprint density at radius 2 is 1.72 bits per heavy atom. The Kier molecular flexibility index (Phi) is 5.40. The Hall–Kier alpha value is -1.30. The lowest BCUT2D eigenvalue weighted by molar-refractivity contribution is 0.0518. The third kappa shape index (κ3) is 2.93. The SMILES string of the molecule is CCOC(=O)c1[nH]c(CBr)c(C(=O)OCC)c1C. The summed E-state index contributed by atoms with van der Waals surface area (Å²) in [5.74, 6) is -0.899. The van der Waals surface area contributed by atoms with Crippen LogP contribution in [0.25, 0.3) is 0 Å². The van der Waals surface area contributed by atoms with Crippen molar-refractivity contribution in [3.8, 4) is 0 Å². The number of hydrogen-bond acceptors (Lipinski definition) is 4. The molecule has 0 radical (unpaired) electrons. The van der Waals surface area contributed by atoms with Crippen molar-refractivity contribution in [2.45, 2.75) is 26.1 Å². The normalized spacial score (nSPS) is 10.2. The smallest absolute Gasteiger partial charge is 0.355 e. The Morgan fingerprint density at radius 1 is 1.17 bits per heavy atom. The fourth-order valence-corrected chi connectivity index (χ4v) is 2.07. The van der Waals surface area contributed by atoms with Gasteiger partial charge < -0.3 is 14.5 Å². The number of nitrogens with one attached hydrogen (secondary N) is 1. The van der Waals surface area contributed by atoms with Gasteiger partial charge in [-0.15, -0.1) is 0 Å². The van der Waals surface area contributed by atoms with E-state index in [-0.39, 0.29) is 6.61 Å². The Labute approximate surface area is 114 Å². The quantitative estimate of drug-likeness (QED) is 0.669. The minimum atomic E-state index is -0.465. The topological polar surface area (TPSA) is 68.4 Å². The lowest BCUT2D eigenvalue weighted by Crippen LogP contribution is -2.09. The average molecular weight is 318 g/mol. The van der Waals surface area contributed by atoms with Crippen LogP contribution >= 0.6 is 15.9 Å². The largest absolute Gasteiger partial charge is 0.462 e. The van der Waals surface area contributed by atoms with Gasteiger partial charge in [-0.05, 0) is 26.3 Å². The molecule has 0 atom stereocenters. The average Bonchev–Trinajstić information content (AvgIpc) is 2.67. The van der Waals surface area contributed by atoms with Crippen molar-refractivity contribution in [2.75, 3.05) is 13.2 Å². The van der Waals surface area contributed by atoms with Crippen molar-refractivity contribution < 1.29 is 19.1 Å². The number of esters is 2. The molecule has 0 saturated carbocycles. The zero-order chi connectivity index (χ0) is 13.7. The molecule has 5 nitrogen and oxygen atoms in total. The summed E-state index contributed by atoms with van der Waals surface area (Å²) in [7, 11) is 0. The number of carbonyl (C=O) groups is 2. The van der Waals surface area contributed by atoms with E-state index >= 15 is 0 Å². The summed E-state index contributed by atoms with van der Waals surface area (Å²) in [5.41, 5.74) is 1.88. The lowest BCUT2D eigenvalue weighted by atomic mass is 10.1. The molecular weight excluding hydrogens is 302 g/mol. The number of rotatable bonds is 5. The lowest BCUT2D eigenvalue weighted by Gasteiger charge is -2.03. The highest BCUT2D eigenvalue weighted by Gasteiger charge is 2.24. The highest BCUT2D eigenvalue weighted by atomic mass is 79.9. The molecule has 0 aromatic carbocycles. The molecule has 0 aliphatic heterocycles. The highest BCUT2D eigenvalue weighted by molar-refractivity contribution is 9.08. The van der Waals surface area contributed by atoms with Crippen molar-refractivity contribution in [3.05, 3.63) is 22.5 Å². The van der Waals surface area contributed by atoms with E-state index in [0.29, 0.717) is 34.5 Å². The number of carbonyl (C=O) groups excluding carboxylic acids is 2. The summed E-state index contributed by atoms with van der Waals surface area (Å²) in [6.45, 7) is 5.74. The Balaban J connectivity index is 3.18. The van der Waals surface area contributed by atoms with E-state index < -0.39 is 11.9 Å². The molecule has 0 spiro atoms. The molecule has 0 unspecified atom stereocenters. The predicted molar refractivity (Wildman–Crippen MR) is 70.1 cm³/mol. The van der Waals surface area contributed by atoms with Gasteiger partial charge in [0.2, 0.25) is 0 Å². The number of H-pyrrole nitrogens is 1. The number of alkyl halides is 1. The Bertz CT molecular complexity index is 453. The summed E-state index contributed by atoms with van der Waals surface area (Å²) >= 11 is 3.27. The standard InChI is InChI=1S/C12H16BrNO4/c1-4-17-11(15)9-7(3)10(12(16)18-5-2)14-8(9)6-13/h14H,4-6H2,1-3H3. The summed E-state index contributed by atoms with van der Waals surface area (Å²) in [6.07, 6.45) is 0. The van der Waals surface area contributed by atoms with Gasteiger partial charge in [0, 0.05) is 11.0 Å². The summed E-state index contributed by atoms with van der Waals surface area (Å²) in [6, 6.07) is 0. The predicted octanol–water partition coefficient (Wildman–Crippen LogP) is 2.57. The number of aromatic nitrogens is 1. The third-order valence-corrected chi connectivity index (χ3v) is 2.98. The molecule has 0 aliphatic carbocycles. The van der Waals surface area contributed by atoms with E-state index in [2.05, 4.69) is 20.9 Å². The molecule has 1 aromatic rings. The minimum Gasteiger partial charge on any atom is -0.462 e. The summed E-state index contributed by atoms with van der Waals surface area (Å²) < 4.78 is 9.90. The molecule has 0 aliphatic rings. The van der Waals surface area contributed by atoms with E-state index in [4.69, 9.17) is 9.47 Å². The molecule has 0 amide bonds. The van der Waals surface area contributed by atoms with Gasteiger partial charge in [-0.2, -0.15) is 0 Å². The van der Waals surface area contributed by atoms with Crippen LogP contribution in [0.5, 0.6) is 0 Å². The second-order valence-electron chi connectivity index (χ2n) is 3.55. The van der Waals surface area contributed by atoms with Crippen LogP contribution in [-0.4, -0.2) is 30.1 Å². The summed E-state index contributed by atoms with van der Waals surface area (Å²) in [4.78, 5) is 26.4. The number of hydrogen-bond donors (Lipinski definition) is 1. The fourth-order valence-electron chi connectivity index (χ4n) is 1.65. The van der Waals surface area contributed by atoms with Gasteiger partial charge in [0.1, 0.15) is 5.69 Å². The maximum Gasteiger partial charge on any atom is 0.355 e. The molecule has 18 heavy (non-hydrogen) atoms. The second-order valence-corrected chi connectivity index (χ2v) is 4.11. The van der Waals surface area contributed by atoms with Crippen molar-refractivity contribution >= 4 is 27.9 Å². The van der Waals surface area contributed by atoms with Crippen molar-refractivity contribution in [3.63, 3.8) is 0 Å². The van der Waals surface area contributed by atoms with E-state index in [9.17, 15) is 9.59 Å². The maximum absolute atomic E-state index is 11.8. The van der Waals surface area contributed by atoms with Crippen LogP contribution in [0.15, 0.2) is 0 Å². The van der Waals surface area contributed by atoms with E-state index in [1.54, 1.807) is 20.8 Å². The molecular formula is C12H16BrNO4. The van der Waals surface area contributed by atoms with Crippen LogP contribution in [0, 0.1) is 6.92 Å². The zero-order valence-electron chi connectivity index (χ0n) is 10.6. The van der Waals surface area contributed by atoms with Crippen LogP contribution in [0.3, 0.4) is 0 Å². The van der Waals surface area contributed by atoms with Crippen LogP contribution in [0.1, 0.15) is 46.0 Å². The van der Waals surface area contributed by atoms with Crippen molar-refractivity contribution in [1.29, 1.82) is 0 Å². The first-order valence-corrected chi connectivity index (χ1v) is 6.80. The van der Waals surface area contributed by atoms with Gasteiger partial charge in [0.05, 0.1) is 18.8 Å². The molecule has 1 rings (SSSR count). The van der Waals surface area contributed by atoms with Gasteiger partial charge >= 0.3 is 11.9 Å². The monoisotopic (exact) mass is 317 g/mol. The molecule has 6 heteroatoms. The van der Waals surface area contributed by atoms with Crippen LogP contribution in [0.4, 0.5) is 0 Å². The van der Waals surface area contributed by atoms with Gasteiger partial charge in [0.15, 0.2) is 0 Å². The molecule has 1 aromatic heterocycles.